The van der Waals surface area contributed by atoms with Crippen molar-refractivity contribution >= 4 is 34.4 Å². The van der Waals surface area contributed by atoms with Gasteiger partial charge in [-0.05, 0) is 72.7 Å². The van der Waals surface area contributed by atoms with Gasteiger partial charge in [-0.25, -0.2) is 0 Å². The molecule has 0 aromatic heterocycles. The van der Waals surface area contributed by atoms with Gasteiger partial charge in [-0.15, -0.1) is 0 Å². The van der Waals surface area contributed by atoms with E-state index in [1.54, 1.807) is 7.11 Å². The molecule has 2 aliphatic rings. The third kappa shape index (κ3) is 4.53. The molecule has 5 nitrogen and oxygen atoms in total. The summed E-state index contributed by atoms with van der Waals surface area (Å²) in [5, 5.41) is 6.13. The fourth-order valence-corrected chi connectivity index (χ4v) is 4.62. The molecular formula is C19H25IN2O3. The first kappa shape index (κ1) is 18.6. The Balaban J connectivity index is 1.48. The molecule has 6 heteroatoms. The standard InChI is InChI=1S/C19H25IN2O3/c1-25-14-7-6-12-10-13(18(23)22-17(12)11-14)8-9-21-19(24)15-4-2-3-5-16(15)20/h2-5,12-14,17H,6-11H2,1H3,(H,21,24)(H,22,23). The Bertz CT molecular complexity index is 637. The van der Waals surface area contributed by atoms with E-state index in [0.29, 0.717) is 24.4 Å². The summed E-state index contributed by atoms with van der Waals surface area (Å²) < 4.78 is 6.38. The molecule has 0 bridgehead atoms. The number of nitrogens with one attached hydrogen (secondary N) is 2. The number of amides is 2. The highest BCUT2D eigenvalue weighted by molar-refractivity contribution is 14.1. The lowest BCUT2D eigenvalue weighted by atomic mass is 9.74. The summed E-state index contributed by atoms with van der Waals surface area (Å²) in [7, 11) is 1.75. The van der Waals surface area contributed by atoms with Crippen LogP contribution in [0.4, 0.5) is 0 Å². The average molecular weight is 456 g/mol. The van der Waals surface area contributed by atoms with Crippen LogP contribution < -0.4 is 10.6 Å². The number of ether oxygens (including phenoxy) is 1. The number of benzene rings is 1. The van der Waals surface area contributed by atoms with Crippen LogP contribution in [0.2, 0.25) is 0 Å². The van der Waals surface area contributed by atoms with Crippen LogP contribution in [0.3, 0.4) is 0 Å². The predicted molar refractivity (Wildman–Crippen MR) is 104 cm³/mol. The second kappa shape index (κ2) is 8.49. The Morgan fingerprint density at radius 1 is 1.32 bits per heavy atom. The van der Waals surface area contributed by atoms with E-state index in [1.165, 1.54) is 0 Å². The van der Waals surface area contributed by atoms with Gasteiger partial charge in [0.2, 0.25) is 5.91 Å². The van der Waals surface area contributed by atoms with Gasteiger partial charge in [0, 0.05) is 29.2 Å². The lowest BCUT2D eigenvalue weighted by Gasteiger charge is -2.41. The van der Waals surface area contributed by atoms with Crippen molar-refractivity contribution in [1.29, 1.82) is 0 Å². The Morgan fingerprint density at radius 3 is 2.88 bits per heavy atom. The normalized spacial score (nSPS) is 28.8. The summed E-state index contributed by atoms with van der Waals surface area (Å²) in [6, 6.07) is 7.77. The number of rotatable bonds is 5. The quantitative estimate of drug-likeness (QED) is 0.670. The molecule has 0 radical (unpaired) electrons. The Morgan fingerprint density at radius 2 is 2.12 bits per heavy atom. The number of hydrogen-bond donors (Lipinski definition) is 2. The fraction of sp³-hybridized carbons (Fsp3) is 0.579. The fourth-order valence-electron chi connectivity index (χ4n) is 3.99. The molecule has 1 aliphatic carbocycles. The highest BCUT2D eigenvalue weighted by Crippen LogP contribution is 2.35. The van der Waals surface area contributed by atoms with Crippen LogP contribution in [-0.2, 0) is 9.53 Å². The summed E-state index contributed by atoms with van der Waals surface area (Å²) >= 11 is 2.16. The van der Waals surface area contributed by atoms with Gasteiger partial charge in [-0.1, -0.05) is 12.1 Å². The highest BCUT2D eigenvalue weighted by Gasteiger charge is 2.39. The van der Waals surface area contributed by atoms with Gasteiger partial charge < -0.3 is 15.4 Å². The lowest BCUT2D eigenvalue weighted by Crippen LogP contribution is -2.53. The number of fused-ring (bicyclic) bond motifs is 1. The number of piperidine rings is 1. The minimum absolute atomic E-state index is 0.00418. The van der Waals surface area contributed by atoms with Gasteiger partial charge in [0.05, 0.1) is 11.7 Å². The maximum atomic E-state index is 12.4. The molecule has 0 spiro atoms. The number of methoxy groups -OCH3 is 1. The topological polar surface area (TPSA) is 67.4 Å². The van der Waals surface area contributed by atoms with Crippen molar-refractivity contribution in [2.45, 2.75) is 44.2 Å². The van der Waals surface area contributed by atoms with E-state index in [2.05, 4.69) is 33.2 Å². The number of carbonyl (C=O) groups is 2. The third-order valence-corrected chi connectivity index (χ3v) is 6.40. The van der Waals surface area contributed by atoms with Gasteiger partial charge >= 0.3 is 0 Å². The molecule has 136 valence electrons. The molecule has 1 saturated heterocycles. The molecule has 3 rings (SSSR count). The molecule has 4 unspecified atom stereocenters. The zero-order chi connectivity index (χ0) is 17.8. The maximum Gasteiger partial charge on any atom is 0.252 e. The van der Waals surface area contributed by atoms with Gasteiger partial charge in [0.1, 0.15) is 0 Å². The van der Waals surface area contributed by atoms with Gasteiger partial charge in [-0.2, -0.15) is 0 Å². The smallest absolute Gasteiger partial charge is 0.252 e. The Kier molecular flexibility index (Phi) is 6.33. The number of carbonyl (C=O) groups excluding carboxylic acids is 2. The largest absolute Gasteiger partial charge is 0.381 e. The second-order valence-corrected chi connectivity index (χ2v) is 8.17. The highest BCUT2D eigenvalue weighted by atomic mass is 127. The summed E-state index contributed by atoms with van der Waals surface area (Å²) in [6.07, 6.45) is 4.98. The van der Waals surface area contributed by atoms with E-state index in [9.17, 15) is 9.59 Å². The van der Waals surface area contributed by atoms with Crippen LogP contribution in [0.5, 0.6) is 0 Å². The third-order valence-electron chi connectivity index (χ3n) is 5.46. The Hall–Kier alpha value is -1.15. The van der Waals surface area contributed by atoms with E-state index >= 15 is 0 Å². The van der Waals surface area contributed by atoms with Crippen molar-refractivity contribution in [2.75, 3.05) is 13.7 Å². The van der Waals surface area contributed by atoms with Gasteiger partial charge in [0.25, 0.3) is 5.91 Å². The van der Waals surface area contributed by atoms with Crippen LogP contribution >= 0.6 is 22.6 Å². The molecule has 4 atom stereocenters. The van der Waals surface area contributed by atoms with Crippen LogP contribution in [0.25, 0.3) is 0 Å². The maximum absolute atomic E-state index is 12.4. The van der Waals surface area contributed by atoms with Crippen molar-refractivity contribution in [1.82, 2.24) is 10.6 Å². The first-order chi connectivity index (χ1) is 12.1. The Labute approximate surface area is 162 Å². The second-order valence-electron chi connectivity index (χ2n) is 7.00. The first-order valence-electron chi connectivity index (χ1n) is 8.94. The molecule has 1 aromatic carbocycles. The molecule has 2 amide bonds. The van der Waals surface area contributed by atoms with Crippen molar-refractivity contribution in [3.05, 3.63) is 33.4 Å². The zero-order valence-corrected chi connectivity index (χ0v) is 16.6. The molecule has 2 fully saturated rings. The van der Waals surface area contributed by atoms with Gasteiger partial charge in [0.15, 0.2) is 0 Å². The molecule has 25 heavy (non-hydrogen) atoms. The van der Waals surface area contributed by atoms with Crippen molar-refractivity contribution in [2.24, 2.45) is 11.8 Å². The summed E-state index contributed by atoms with van der Waals surface area (Å²) in [5.74, 6) is 0.594. The first-order valence-corrected chi connectivity index (χ1v) is 10.0. The predicted octanol–water partition coefficient (Wildman–Crippen LogP) is 2.73. The van der Waals surface area contributed by atoms with Gasteiger partial charge in [-0.3, -0.25) is 9.59 Å². The lowest BCUT2D eigenvalue weighted by molar-refractivity contribution is -0.131. The van der Waals surface area contributed by atoms with E-state index < -0.39 is 0 Å². The monoisotopic (exact) mass is 456 g/mol. The number of hydrogen-bond acceptors (Lipinski definition) is 3. The molecule has 1 aliphatic heterocycles. The number of halogens is 1. The summed E-state index contributed by atoms with van der Waals surface area (Å²) in [5.41, 5.74) is 0.689. The summed E-state index contributed by atoms with van der Waals surface area (Å²) in [6.45, 7) is 0.528. The van der Waals surface area contributed by atoms with Crippen molar-refractivity contribution in [3.63, 3.8) is 0 Å². The average Bonchev–Trinajstić information content (AvgIpc) is 2.62. The molecular weight excluding hydrogens is 431 g/mol. The van der Waals surface area contributed by atoms with Crippen LogP contribution in [0, 0.1) is 15.4 Å². The van der Waals surface area contributed by atoms with Crippen LogP contribution in [0.1, 0.15) is 42.5 Å². The van der Waals surface area contributed by atoms with Crippen LogP contribution in [-0.4, -0.2) is 37.6 Å². The van der Waals surface area contributed by atoms with E-state index in [-0.39, 0.29) is 29.9 Å². The van der Waals surface area contributed by atoms with Crippen molar-refractivity contribution in [3.8, 4) is 0 Å². The minimum atomic E-state index is -0.0697. The molecule has 2 N–H and O–H groups in total. The van der Waals surface area contributed by atoms with E-state index in [1.807, 2.05) is 24.3 Å². The van der Waals surface area contributed by atoms with E-state index in [4.69, 9.17) is 4.74 Å². The molecule has 1 saturated carbocycles. The van der Waals surface area contributed by atoms with Crippen LogP contribution in [0.15, 0.2) is 24.3 Å². The minimum Gasteiger partial charge on any atom is -0.381 e. The zero-order valence-electron chi connectivity index (χ0n) is 14.5. The molecule has 1 aromatic rings. The van der Waals surface area contributed by atoms with E-state index in [0.717, 1.165) is 29.3 Å². The van der Waals surface area contributed by atoms with Crippen molar-refractivity contribution < 1.29 is 14.3 Å². The molecule has 1 heterocycles. The summed E-state index contributed by atoms with van der Waals surface area (Å²) in [4.78, 5) is 24.6. The SMILES string of the molecule is COC1CCC2CC(CCNC(=O)c3ccccc3I)C(=O)NC2C1.